The number of nitrogens with one attached hydrogen (secondary N) is 1. The number of hydrogen-bond donors (Lipinski definition) is 1. The second kappa shape index (κ2) is 8.22. The maximum atomic E-state index is 13.2. The minimum atomic E-state index is -0.421. The van der Waals surface area contributed by atoms with Crippen LogP contribution in [-0.2, 0) is 4.79 Å². The number of ether oxygens (including phenoxy) is 1. The molecule has 0 atom stereocenters. The summed E-state index contributed by atoms with van der Waals surface area (Å²) in [5.74, 6) is 1.04. The topological polar surface area (TPSA) is 95.1 Å². The van der Waals surface area contributed by atoms with Crippen LogP contribution in [0.5, 0.6) is 5.75 Å². The Labute approximate surface area is 166 Å². The number of carbonyl (C=O) groups excluding carboxylic acids is 1. The molecule has 0 spiro atoms. The fraction of sp³-hybridized carbons (Fsp3) is 0.0476. The summed E-state index contributed by atoms with van der Waals surface area (Å²) in [7, 11) is 1.54. The highest BCUT2D eigenvalue weighted by molar-refractivity contribution is 6.24. The molecule has 0 radical (unpaired) electrons. The van der Waals surface area contributed by atoms with E-state index in [0.29, 0.717) is 23.0 Å². The van der Waals surface area contributed by atoms with Gasteiger partial charge in [0.15, 0.2) is 5.82 Å². The molecule has 0 aliphatic rings. The zero-order chi connectivity index (χ0) is 20.1. The van der Waals surface area contributed by atoms with Gasteiger partial charge in [-0.3, -0.25) is 4.79 Å². The molecule has 0 aliphatic heterocycles. The number of amides is 1. The van der Waals surface area contributed by atoms with Crippen LogP contribution in [0.2, 0.25) is 0 Å². The van der Waals surface area contributed by atoms with Crippen molar-refractivity contribution in [3.05, 3.63) is 78.8 Å². The fourth-order valence-electron chi connectivity index (χ4n) is 2.78. The smallest absolute Gasteiger partial charge is 0.274 e. The Bertz CT molecular complexity index is 1130. The average molecular weight is 387 g/mol. The first kappa shape index (κ1) is 18.2. The number of anilines is 1. The third-order valence-electron chi connectivity index (χ3n) is 4.14. The monoisotopic (exact) mass is 387 g/mol. The summed E-state index contributed by atoms with van der Waals surface area (Å²) < 4.78 is 12.1. The number of hydrogen-bond acceptors (Lipinski definition) is 6. The van der Waals surface area contributed by atoms with E-state index in [2.05, 4.69) is 20.8 Å². The van der Waals surface area contributed by atoms with Crippen molar-refractivity contribution in [3.63, 3.8) is 0 Å². The summed E-state index contributed by atoms with van der Waals surface area (Å²) in [4.78, 5) is 13.2. The molecule has 29 heavy (non-hydrogen) atoms. The van der Waals surface area contributed by atoms with Crippen LogP contribution < -0.4 is 10.1 Å². The number of carbonyl (C=O) groups is 1. The predicted octanol–water partition coefficient (Wildman–Crippen LogP) is 3.58. The van der Waals surface area contributed by atoms with Gasteiger partial charge in [0.1, 0.15) is 17.2 Å². The molecule has 0 saturated carbocycles. The number of nitrogens with zero attached hydrogens (tertiary/aromatic N) is 4. The van der Waals surface area contributed by atoms with Crippen molar-refractivity contribution in [2.75, 3.05) is 12.4 Å². The predicted molar refractivity (Wildman–Crippen MR) is 108 cm³/mol. The lowest BCUT2D eigenvalue weighted by Crippen LogP contribution is -2.19. The Morgan fingerprint density at radius 1 is 1.07 bits per heavy atom. The van der Waals surface area contributed by atoms with E-state index in [4.69, 9.17) is 9.15 Å². The van der Waals surface area contributed by atoms with Gasteiger partial charge in [0, 0.05) is 11.6 Å². The molecule has 2 aromatic carbocycles. The molecule has 8 nitrogen and oxygen atoms in total. The van der Waals surface area contributed by atoms with Crippen LogP contribution in [-0.4, -0.2) is 33.2 Å². The third-order valence-corrected chi connectivity index (χ3v) is 4.14. The maximum Gasteiger partial charge on any atom is 0.274 e. The van der Waals surface area contributed by atoms with Crippen molar-refractivity contribution >= 4 is 23.4 Å². The molecule has 1 N–H and O–H groups in total. The number of aromatic nitrogens is 4. The standard InChI is InChI=1S/C21H17N5O3/c1-28-19-12-6-5-11-17(19)22-21(27)18(14-16-10-7-13-29-16)26-20(23-24-25-26)15-8-3-2-4-9-15/h2-14H,1H3,(H,22,27)/b18-14+. The van der Waals surface area contributed by atoms with Crippen LogP contribution in [0.4, 0.5) is 5.69 Å². The molecule has 8 heteroatoms. The first-order valence-electron chi connectivity index (χ1n) is 8.80. The number of methoxy groups -OCH3 is 1. The van der Waals surface area contributed by atoms with Gasteiger partial charge in [-0.1, -0.05) is 42.5 Å². The van der Waals surface area contributed by atoms with Crippen molar-refractivity contribution in [1.82, 2.24) is 20.2 Å². The molecule has 4 aromatic rings. The molecule has 0 bridgehead atoms. The van der Waals surface area contributed by atoms with E-state index >= 15 is 0 Å². The molecule has 2 heterocycles. The largest absolute Gasteiger partial charge is 0.495 e. The van der Waals surface area contributed by atoms with Gasteiger partial charge in [-0.15, -0.1) is 5.10 Å². The number of benzene rings is 2. The molecule has 4 rings (SSSR count). The molecule has 0 fully saturated rings. The van der Waals surface area contributed by atoms with Gasteiger partial charge in [-0.2, -0.15) is 4.68 Å². The number of furan rings is 1. The maximum absolute atomic E-state index is 13.2. The lowest BCUT2D eigenvalue weighted by Gasteiger charge is -2.12. The summed E-state index contributed by atoms with van der Waals surface area (Å²) in [6.07, 6.45) is 3.10. The van der Waals surface area contributed by atoms with E-state index in [1.807, 2.05) is 36.4 Å². The fourth-order valence-corrected chi connectivity index (χ4v) is 2.78. The summed E-state index contributed by atoms with van der Waals surface area (Å²) in [5.41, 5.74) is 1.49. The van der Waals surface area contributed by atoms with Crippen molar-refractivity contribution in [1.29, 1.82) is 0 Å². The van der Waals surface area contributed by atoms with Gasteiger partial charge in [-0.05, 0) is 34.7 Å². The minimum absolute atomic E-state index is 0.190. The van der Waals surface area contributed by atoms with Gasteiger partial charge in [0.05, 0.1) is 19.1 Å². The number of rotatable bonds is 6. The summed E-state index contributed by atoms with van der Waals surface area (Å²) >= 11 is 0. The van der Waals surface area contributed by atoms with Crippen LogP contribution in [0.1, 0.15) is 5.76 Å². The van der Waals surface area contributed by atoms with Gasteiger partial charge < -0.3 is 14.5 Å². The van der Waals surface area contributed by atoms with E-state index in [1.54, 1.807) is 43.5 Å². The van der Waals surface area contributed by atoms with Crippen molar-refractivity contribution in [3.8, 4) is 17.1 Å². The molecule has 1 amide bonds. The highest BCUT2D eigenvalue weighted by Gasteiger charge is 2.20. The lowest BCUT2D eigenvalue weighted by molar-refractivity contribution is -0.111. The highest BCUT2D eigenvalue weighted by atomic mass is 16.5. The highest BCUT2D eigenvalue weighted by Crippen LogP contribution is 2.26. The van der Waals surface area contributed by atoms with Gasteiger partial charge in [0.2, 0.25) is 0 Å². The van der Waals surface area contributed by atoms with Gasteiger partial charge >= 0.3 is 0 Å². The Hall–Kier alpha value is -4.20. The van der Waals surface area contributed by atoms with Crippen molar-refractivity contribution < 1.29 is 13.9 Å². The molecule has 0 aliphatic carbocycles. The minimum Gasteiger partial charge on any atom is -0.495 e. The molecule has 0 unspecified atom stereocenters. The van der Waals surface area contributed by atoms with Crippen LogP contribution in [0.3, 0.4) is 0 Å². The average Bonchev–Trinajstić information content (AvgIpc) is 3.45. The molecular formula is C21H17N5O3. The quantitative estimate of drug-likeness (QED) is 0.508. The summed E-state index contributed by atoms with van der Waals surface area (Å²) in [6.45, 7) is 0. The molecular weight excluding hydrogens is 370 g/mol. The van der Waals surface area contributed by atoms with E-state index in [9.17, 15) is 4.79 Å². The van der Waals surface area contributed by atoms with Gasteiger partial charge in [-0.25, -0.2) is 0 Å². The number of tetrazole rings is 1. The second-order valence-corrected chi connectivity index (χ2v) is 5.98. The van der Waals surface area contributed by atoms with Gasteiger partial charge in [0.25, 0.3) is 5.91 Å². The van der Waals surface area contributed by atoms with Crippen LogP contribution in [0.15, 0.2) is 77.4 Å². The molecule has 2 aromatic heterocycles. The normalized spacial score (nSPS) is 11.3. The van der Waals surface area contributed by atoms with E-state index < -0.39 is 5.91 Å². The van der Waals surface area contributed by atoms with Crippen LogP contribution in [0.25, 0.3) is 23.2 Å². The van der Waals surface area contributed by atoms with Crippen LogP contribution in [0, 0.1) is 0 Å². The molecule has 144 valence electrons. The second-order valence-electron chi connectivity index (χ2n) is 5.98. The van der Waals surface area contributed by atoms with E-state index in [1.165, 1.54) is 10.9 Å². The SMILES string of the molecule is COc1ccccc1NC(=O)/C(=C\c1ccco1)n1nnnc1-c1ccccc1. The van der Waals surface area contributed by atoms with Crippen LogP contribution >= 0.6 is 0 Å². The first-order valence-corrected chi connectivity index (χ1v) is 8.80. The zero-order valence-electron chi connectivity index (χ0n) is 15.5. The Balaban J connectivity index is 1.76. The first-order chi connectivity index (χ1) is 14.3. The lowest BCUT2D eigenvalue weighted by atomic mass is 10.2. The zero-order valence-corrected chi connectivity index (χ0v) is 15.5. The Kier molecular flexibility index (Phi) is 5.15. The Morgan fingerprint density at radius 2 is 1.86 bits per heavy atom. The van der Waals surface area contributed by atoms with Crippen molar-refractivity contribution in [2.45, 2.75) is 0 Å². The number of para-hydroxylation sites is 2. The summed E-state index contributed by atoms with van der Waals surface area (Å²) in [6, 6.07) is 20.0. The Morgan fingerprint density at radius 3 is 2.62 bits per heavy atom. The van der Waals surface area contributed by atoms with E-state index in [0.717, 1.165) is 5.56 Å². The van der Waals surface area contributed by atoms with Crippen molar-refractivity contribution in [2.24, 2.45) is 0 Å². The van der Waals surface area contributed by atoms with E-state index in [-0.39, 0.29) is 5.70 Å². The summed E-state index contributed by atoms with van der Waals surface area (Å²) in [5, 5.41) is 14.7. The third kappa shape index (κ3) is 3.91. The molecule has 0 saturated heterocycles.